The molecule has 1 aromatic carbocycles. The van der Waals surface area contributed by atoms with Crippen molar-refractivity contribution in [1.29, 1.82) is 0 Å². The minimum absolute atomic E-state index is 0.0783. The van der Waals surface area contributed by atoms with Crippen molar-refractivity contribution in [3.8, 4) is 0 Å². The average Bonchev–Trinajstić information content (AvgIpc) is 2.26. The molecule has 1 aromatic heterocycles. The molecular formula is C13H15BrN2O2S. The summed E-state index contributed by atoms with van der Waals surface area (Å²) in [5.74, 6) is 0.175. The Balaban J connectivity index is 2.41. The number of nitrogens with zero attached hydrogens (tertiary/aromatic N) is 1. The number of pyridine rings is 1. The van der Waals surface area contributed by atoms with E-state index >= 15 is 0 Å². The van der Waals surface area contributed by atoms with Crippen LogP contribution in [0.3, 0.4) is 0 Å². The monoisotopic (exact) mass is 342 g/mol. The summed E-state index contributed by atoms with van der Waals surface area (Å²) in [5.41, 5.74) is 1.17. The van der Waals surface area contributed by atoms with Gasteiger partial charge in [0.1, 0.15) is 0 Å². The highest BCUT2D eigenvalue weighted by Crippen LogP contribution is 2.24. The Kier molecular flexibility index (Phi) is 4.10. The van der Waals surface area contributed by atoms with E-state index in [4.69, 9.17) is 0 Å². The molecule has 19 heavy (non-hydrogen) atoms. The fourth-order valence-corrected chi connectivity index (χ4v) is 3.67. The summed E-state index contributed by atoms with van der Waals surface area (Å²) >= 11 is 3.35. The van der Waals surface area contributed by atoms with Crippen LogP contribution in [0.4, 0.5) is 5.69 Å². The highest BCUT2D eigenvalue weighted by Gasteiger charge is 2.14. The largest absolute Gasteiger partial charge is 0.281 e. The number of fused-ring (bicyclic) bond motifs is 1. The molecule has 1 N–H and O–H groups in total. The van der Waals surface area contributed by atoms with Gasteiger partial charge in [0, 0.05) is 16.1 Å². The van der Waals surface area contributed by atoms with E-state index in [0.29, 0.717) is 11.2 Å². The van der Waals surface area contributed by atoms with E-state index in [9.17, 15) is 8.42 Å². The van der Waals surface area contributed by atoms with Crippen LogP contribution in [0.15, 0.2) is 34.9 Å². The van der Waals surface area contributed by atoms with Gasteiger partial charge in [0.05, 0.1) is 17.0 Å². The minimum Gasteiger partial charge on any atom is -0.281 e. The van der Waals surface area contributed by atoms with Crippen molar-refractivity contribution >= 4 is 42.5 Å². The lowest BCUT2D eigenvalue weighted by Gasteiger charge is -2.11. The molecule has 0 aliphatic carbocycles. The van der Waals surface area contributed by atoms with Crippen molar-refractivity contribution in [3.05, 3.63) is 34.9 Å². The third kappa shape index (κ3) is 3.67. The number of para-hydroxylation sites is 1. The molecule has 0 amide bonds. The van der Waals surface area contributed by atoms with Crippen LogP contribution in [0.2, 0.25) is 0 Å². The van der Waals surface area contributed by atoms with E-state index in [1.165, 1.54) is 0 Å². The molecular weight excluding hydrogens is 328 g/mol. The zero-order chi connectivity index (χ0) is 14.0. The summed E-state index contributed by atoms with van der Waals surface area (Å²) in [6.45, 7) is 3.75. The highest BCUT2D eigenvalue weighted by atomic mass is 79.9. The fourth-order valence-electron chi connectivity index (χ4n) is 1.86. The second kappa shape index (κ2) is 5.46. The molecule has 0 bridgehead atoms. The van der Waals surface area contributed by atoms with Crippen LogP contribution < -0.4 is 4.72 Å². The Bertz CT molecular complexity index is 699. The summed E-state index contributed by atoms with van der Waals surface area (Å²) in [4.78, 5) is 4.27. The second-order valence-electron chi connectivity index (χ2n) is 4.81. The van der Waals surface area contributed by atoms with Crippen LogP contribution in [0.25, 0.3) is 10.9 Å². The molecule has 0 saturated carbocycles. The average molecular weight is 343 g/mol. The Labute approximate surface area is 121 Å². The van der Waals surface area contributed by atoms with Gasteiger partial charge in [0.15, 0.2) is 0 Å². The van der Waals surface area contributed by atoms with Crippen LogP contribution >= 0.6 is 15.9 Å². The number of benzene rings is 1. The van der Waals surface area contributed by atoms with Crippen LogP contribution in [0.1, 0.15) is 13.8 Å². The first kappa shape index (κ1) is 14.3. The van der Waals surface area contributed by atoms with Gasteiger partial charge in [0.25, 0.3) is 0 Å². The van der Waals surface area contributed by atoms with Crippen LogP contribution in [-0.4, -0.2) is 19.2 Å². The minimum atomic E-state index is -3.34. The van der Waals surface area contributed by atoms with Crippen molar-refractivity contribution in [1.82, 2.24) is 4.98 Å². The summed E-state index contributed by atoms with van der Waals surface area (Å²) in [6.07, 6.45) is 1.66. The van der Waals surface area contributed by atoms with Gasteiger partial charge in [-0.3, -0.25) is 9.71 Å². The maximum absolute atomic E-state index is 12.0. The third-order valence-electron chi connectivity index (χ3n) is 2.50. The van der Waals surface area contributed by atoms with Gasteiger partial charge < -0.3 is 0 Å². The van der Waals surface area contributed by atoms with Gasteiger partial charge in [-0.25, -0.2) is 8.42 Å². The maximum Gasteiger partial charge on any atom is 0.233 e. The van der Waals surface area contributed by atoms with Crippen molar-refractivity contribution in [2.24, 2.45) is 5.92 Å². The Hall–Kier alpha value is -1.14. The lowest BCUT2D eigenvalue weighted by Crippen LogP contribution is -2.20. The molecule has 0 atom stereocenters. The molecule has 2 rings (SSSR count). The zero-order valence-electron chi connectivity index (χ0n) is 10.7. The van der Waals surface area contributed by atoms with Gasteiger partial charge in [-0.1, -0.05) is 26.0 Å². The molecule has 0 saturated heterocycles. The lowest BCUT2D eigenvalue weighted by atomic mass is 10.2. The van der Waals surface area contributed by atoms with Crippen molar-refractivity contribution < 1.29 is 8.42 Å². The molecule has 0 radical (unpaired) electrons. The van der Waals surface area contributed by atoms with E-state index in [0.717, 1.165) is 9.86 Å². The first-order valence-corrected chi connectivity index (χ1v) is 8.37. The SMILES string of the molecule is CC(C)CS(=O)(=O)Nc1cccc2cc(Br)cnc12. The van der Waals surface area contributed by atoms with Crippen LogP contribution in [-0.2, 0) is 10.0 Å². The summed E-state index contributed by atoms with van der Waals surface area (Å²) < 4.78 is 27.4. The van der Waals surface area contributed by atoms with E-state index in [2.05, 4.69) is 25.6 Å². The quantitative estimate of drug-likeness (QED) is 0.926. The standard InChI is InChI=1S/C13H15BrN2O2S/c1-9(2)8-19(17,18)16-12-5-3-4-10-6-11(14)7-15-13(10)12/h3-7,9,16H,8H2,1-2H3. The fraction of sp³-hybridized carbons (Fsp3) is 0.308. The molecule has 0 fully saturated rings. The van der Waals surface area contributed by atoms with Gasteiger partial charge in [0.2, 0.25) is 10.0 Å². The molecule has 2 aromatic rings. The molecule has 0 aliphatic heterocycles. The summed E-state index contributed by atoms with van der Waals surface area (Å²) in [7, 11) is -3.34. The van der Waals surface area contributed by atoms with Crippen LogP contribution in [0.5, 0.6) is 0 Å². The van der Waals surface area contributed by atoms with Gasteiger partial charge in [-0.15, -0.1) is 0 Å². The first-order chi connectivity index (χ1) is 8.87. The van der Waals surface area contributed by atoms with Crippen molar-refractivity contribution in [2.75, 3.05) is 10.5 Å². The van der Waals surface area contributed by atoms with E-state index < -0.39 is 10.0 Å². The molecule has 0 unspecified atom stereocenters. The van der Waals surface area contributed by atoms with E-state index in [-0.39, 0.29) is 11.7 Å². The number of aromatic nitrogens is 1. The number of rotatable bonds is 4. The van der Waals surface area contributed by atoms with E-state index in [1.807, 2.05) is 32.0 Å². The van der Waals surface area contributed by atoms with Gasteiger partial charge >= 0.3 is 0 Å². The predicted molar refractivity (Wildman–Crippen MR) is 81.7 cm³/mol. The number of halogens is 1. The molecule has 6 heteroatoms. The number of anilines is 1. The smallest absolute Gasteiger partial charge is 0.233 e. The topological polar surface area (TPSA) is 59.1 Å². The molecule has 4 nitrogen and oxygen atoms in total. The Morgan fingerprint density at radius 3 is 2.79 bits per heavy atom. The Morgan fingerprint density at radius 1 is 1.37 bits per heavy atom. The number of nitrogens with one attached hydrogen (secondary N) is 1. The maximum atomic E-state index is 12.0. The number of sulfonamides is 1. The highest BCUT2D eigenvalue weighted by molar-refractivity contribution is 9.10. The van der Waals surface area contributed by atoms with Crippen molar-refractivity contribution in [2.45, 2.75) is 13.8 Å². The molecule has 0 aliphatic rings. The lowest BCUT2D eigenvalue weighted by molar-refractivity contribution is 0.587. The third-order valence-corrected chi connectivity index (χ3v) is 4.57. The Morgan fingerprint density at radius 2 is 2.11 bits per heavy atom. The molecule has 0 spiro atoms. The summed E-state index contributed by atoms with van der Waals surface area (Å²) in [5, 5.41) is 0.888. The van der Waals surface area contributed by atoms with Crippen molar-refractivity contribution in [3.63, 3.8) is 0 Å². The number of hydrogen-bond acceptors (Lipinski definition) is 3. The summed E-state index contributed by atoms with van der Waals surface area (Å²) in [6, 6.07) is 7.33. The normalized spacial score (nSPS) is 12.0. The van der Waals surface area contributed by atoms with Gasteiger partial charge in [-0.05, 0) is 34.0 Å². The first-order valence-electron chi connectivity index (χ1n) is 5.92. The number of hydrogen-bond donors (Lipinski definition) is 1. The van der Waals surface area contributed by atoms with E-state index in [1.54, 1.807) is 12.3 Å². The second-order valence-corrected chi connectivity index (χ2v) is 7.49. The predicted octanol–water partition coefficient (Wildman–Crippen LogP) is 3.40. The molecule has 1 heterocycles. The van der Waals surface area contributed by atoms with Gasteiger partial charge in [-0.2, -0.15) is 0 Å². The van der Waals surface area contributed by atoms with Crippen LogP contribution in [0, 0.1) is 5.92 Å². The zero-order valence-corrected chi connectivity index (χ0v) is 13.1. The molecule has 102 valence electrons.